The summed E-state index contributed by atoms with van der Waals surface area (Å²) in [6.45, 7) is 4.88. The Morgan fingerprint density at radius 1 is 1.44 bits per heavy atom. The van der Waals surface area contributed by atoms with Crippen LogP contribution >= 0.6 is 11.3 Å². The zero-order valence-electron chi connectivity index (χ0n) is 11.4. The second-order valence-corrected chi connectivity index (χ2v) is 5.91. The molecule has 0 amide bonds. The van der Waals surface area contributed by atoms with Crippen LogP contribution in [0.1, 0.15) is 49.7 Å². The summed E-state index contributed by atoms with van der Waals surface area (Å²) in [6.07, 6.45) is 5.53. The number of thiazole rings is 1. The summed E-state index contributed by atoms with van der Waals surface area (Å²) in [4.78, 5) is 16.2. The largest absolute Gasteiger partial charge is 0.330 e. The van der Waals surface area contributed by atoms with Gasteiger partial charge in [0.15, 0.2) is 0 Å². The van der Waals surface area contributed by atoms with E-state index in [9.17, 15) is 4.79 Å². The summed E-state index contributed by atoms with van der Waals surface area (Å²) in [6, 6.07) is 0. The first-order valence-electron chi connectivity index (χ1n) is 6.78. The van der Waals surface area contributed by atoms with Gasteiger partial charge in [0.25, 0.3) is 0 Å². The number of hydrogen-bond acceptors (Lipinski definition) is 4. The maximum atomic E-state index is 11.9. The first kappa shape index (κ1) is 15.3. The zero-order chi connectivity index (χ0) is 13.4. The van der Waals surface area contributed by atoms with Gasteiger partial charge in [-0.2, -0.15) is 0 Å². The molecule has 1 atom stereocenters. The molecule has 1 aromatic heterocycles. The van der Waals surface area contributed by atoms with Crippen LogP contribution in [0.5, 0.6) is 0 Å². The van der Waals surface area contributed by atoms with E-state index in [0.29, 0.717) is 24.5 Å². The molecule has 0 radical (unpaired) electrons. The summed E-state index contributed by atoms with van der Waals surface area (Å²) in [5.74, 6) is 0.916. The fourth-order valence-corrected chi connectivity index (χ4v) is 2.83. The SMILES string of the molecule is CCCC(CCN)CCC(=O)Cc1csc(C)n1. The van der Waals surface area contributed by atoms with Crippen molar-refractivity contribution in [3.05, 3.63) is 16.1 Å². The first-order valence-corrected chi connectivity index (χ1v) is 7.66. The first-order chi connectivity index (χ1) is 8.65. The maximum Gasteiger partial charge on any atom is 0.138 e. The lowest BCUT2D eigenvalue weighted by atomic mass is 9.93. The van der Waals surface area contributed by atoms with E-state index in [-0.39, 0.29) is 0 Å². The third-order valence-electron chi connectivity index (χ3n) is 3.15. The Bertz CT molecular complexity index is 356. The van der Waals surface area contributed by atoms with Crippen LogP contribution in [0.2, 0.25) is 0 Å². The van der Waals surface area contributed by atoms with Crippen molar-refractivity contribution in [2.45, 2.75) is 52.4 Å². The highest BCUT2D eigenvalue weighted by Gasteiger charge is 2.11. The Kier molecular flexibility index (Phi) is 7.13. The van der Waals surface area contributed by atoms with Crippen LogP contribution in [0.3, 0.4) is 0 Å². The quantitative estimate of drug-likeness (QED) is 0.748. The molecule has 4 heteroatoms. The average molecular weight is 268 g/mol. The lowest BCUT2D eigenvalue weighted by molar-refractivity contribution is -0.118. The van der Waals surface area contributed by atoms with E-state index in [0.717, 1.165) is 30.1 Å². The number of ketones is 1. The van der Waals surface area contributed by atoms with Crippen molar-refractivity contribution in [2.75, 3.05) is 6.54 Å². The molecule has 1 heterocycles. The molecule has 0 spiro atoms. The van der Waals surface area contributed by atoms with Gasteiger partial charge in [-0.25, -0.2) is 4.98 Å². The number of aromatic nitrogens is 1. The fraction of sp³-hybridized carbons (Fsp3) is 0.714. The second-order valence-electron chi connectivity index (χ2n) is 4.84. The summed E-state index contributed by atoms with van der Waals surface area (Å²) in [5, 5.41) is 3.01. The third kappa shape index (κ3) is 5.74. The standard InChI is InChI=1S/C14H24N2OS/c1-3-4-12(7-8-15)5-6-14(17)9-13-10-18-11(2)16-13/h10,12H,3-9,15H2,1-2H3. The van der Waals surface area contributed by atoms with Gasteiger partial charge in [-0.3, -0.25) is 4.79 Å². The molecule has 1 unspecified atom stereocenters. The van der Waals surface area contributed by atoms with Gasteiger partial charge in [0.1, 0.15) is 5.78 Å². The van der Waals surface area contributed by atoms with E-state index in [4.69, 9.17) is 5.73 Å². The van der Waals surface area contributed by atoms with Crippen molar-refractivity contribution < 1.29 is 4.79 Å². The minimum absolute atomic E-state index is 0.304. The van der Waals surface area contributed by atoms with E-state index in [1.165, 1.54) is 12.8 Å². The van der Waals surface area contributed by atoms with E-state index < -0.39 is 0 Å². The number of carbonyl (C=O) groups is 1. The zero-order valence-corrected chi connectivity index (χ0v) is 12.3. The van der Waals surface area contributed by atoms with Crippen molar-refractivity contribution in [3.8, 4) is 0 Å². The fourth-order valence-electron chi connectivity index (χ4n) is 2.22. The molecule has 0 aromatic carbocycles. The minimum atomic E-state index is 0.304. The number of aryl methyl sites for hydroxylation is 1. The van der Waals surface area contributed by atoms with Crippen LogP contribution in [-0.2, 0) is 11.2 Å². The molecule has 1 aromatic rings. The highest BCUT2D eigenvalue weighted by Crippen LogP contribution is 2.18. The number of nitrogens with two attached hydrogens (primary N) is 1. The molecule has 0 aliphatic heterocycles. The third-order valence-corrected chi connectivity index (χ3v) is 3.97. The molecule has 0 aliphatic carbocycles. The highest BCUT2D eigenvalue weighted by atomic mass is 32.1. The number of rotatable bonds is 9. The maximum absolute atomic E-state index is 11.9. The Morgan fingerprint density at radius 3 is 2.78 bits per heavy atom. The van der Waals surface area contributed by atoms with Crippen molar-refractivity contribution >= 4 is 17.1 Å². The van der Waals surface area contributed by atoms with E-state index in [1.807, 2.05) is 12.3 Å². The van der Waals surface area contributed by atoms with E-state index in [2.05, 4.69) is 11.9 Å². The van der Waals surface area contributed by atoms with Gasteiger partial charge in [-0.05, 0) is 32.2 Å². The summed E-state index contributed by atoms with van der Waals surface area (Å²) in [5.41, 5.74) is 6.52. The molecule has 2 N–H and O–H groups in total. The van der Waals surface area contributed by atoms with Gasteiger partial charge >= 0.3 is 0 Å². The van der Waals surface area contributed by atoms with Gasteiger partial charge in [0.2, 0.25) is 0 Å². The van der Waals surface area contributed by atoms with Gasteiger partial charge in [-0.1, -0.05) is 19.8 Å². The summed E-state index contributed by atoms with van der Waals surface area (Å²) < 4.78 is 0. The predicted molar refractivity (Wildman–Crippen MR) is 76.9 cm³/mol. The average Bonchev–Trinajstić information content (AvgIpc) is 2.72. The number of hydrogen-bond donors (Lipinski definition) is 1. The van der Waals surface area contributed by atoms with Gasteiger partial charge in [0.05, 0.1) is 10.7 Å². The number of nitrogens with zero attached hydrogens (tertiary/aromatic N) is 1. The Hall–Kier alpha value is -0.740. The molecule has 3 nitrogen and oxygen atoms in total. The van der Waals surface area contributed by atoms with Crippen LogP contribution in [0.4, 0.5) is 0 Å². The van der Waals surface area contributed by atoms with Gasteiger partial charge in [0, 0.05) is 18.2 Å². The van der Waals surface area contributed by atoms with Crippen LogP contribution in [-0.4, -0.2) is 17.3 Å². The molecular formula is C14H24N2OS. The summed E-state index contributed by atoms with van der Waals surface area (Å²) >= 11 is 1.61. The molecule has 1 rings (SSSR count). The molecule has 0 saturated heterocycles. The molecule has 0 fully saturated rings. The smallest absolute Gasteiger partial charge is 0.138 e. The normalized spacial score (nSPS) is 12.6. The van der Waals surface area contributed by atoms with Crippen molar-refractivity contribution in [1.29, 1.82) is 0 Å². The van der Waals surface area contributed by atoms with Crippen molar-refractivity contribution in [3.63, 3.8) is 0 Å². The van der Waals surface area contributed by atoms with E-state index >= 15 is 0 Å². The van der Waals surface area contributed by atoms with E-state index in [1.54, 1.807) is 11.3 Å². The van der Waals surface area contributed by atoms with Crippen LogP contribution in [0.25, 0.3) is 0 Å². The molecule has 0 saturated carbocycles. The lowest BCUT2D eigenvalue weighted by Gasteiger charge is -2.14. The Morgan fingerprint density at radius 2 is 2.22 bits per heavy atom. The molecule has 0 bridgehead atoms. The predicted octanol–water partition coefficient (Wildman–Crippen LogP) is 3.11. The van der Waals surface area contributed by atoms with Gasteiger partial charge < -0.3 is 5.73 Å². The van der Waals surface area contributed by atoms with Crippen molar-refractivity contribution in [2.24, 2.45) is 11.7 Å². The molecule has 102 valence electrons. The Labute approximate surface area is 114 Å². The molecule has 18 heavy (non-hydrogen) atoms. The molecular weight excluding hydrogens is 244 g/mol. The summed E-state index contributed by atoms with van der Waals surface area (Å²) in [7, 11) is 0. The second kappa shape index (κ2) is 8.38. The minimum Gasteiger partial charge on any atom is -0.330 e. The van der Waals surface area contributed by atoms with Crippen LogP contribution in [0, 0.1) is 12.8 Å². The van der Waals surface area contributed by atoms with Crippen LogP contribution < -0.4 is 5.73 Å². The lowest BCUT2D eigenvalue weighted by Crippen LogP contribution is -2.12. The Balaban J connectivity index is 2.30. The number of carbonyl (C=O) groups excluding carboxylic acids is 1. The monoisotopic (exact) mass is 268 g/mol. The topological polar surface area (TPSA) is 56.0 Å². The van der Waals surface area contributed by atoms with Crippen molar-refractivity contribution in [1.82, 2.24) is 4.98 Å². The van der Waals surface area contributed by atoms with Gasteiger partial charge in [-0.15, -0.1) is 11.3 Å². The highest BCUT2D eigenvalue weighted by molar-refractivity contribution is 7.09. The molecule has 0 aliphatic rings. The van der Waals surface area contributed by atoms with Crippen LogP contribution in [0.15, 0.2) is 5.38 Å². The number of Topliss-reactive ketones (excluding diaryl/α,β-unsaturated/α-hetero) is 1.